The predicted molar refractivity (Wildman–Crippen MR) is 74.8 cm³/mol. The van der Waals surface area contributed by atoms with Crippen LogP contribution in [0, 0.1) is 25.7 Å². The standard InChI is InChI=1S/C14H22ClNO/c1-9(2)12(8-17)7-16-14-11(4)5-10(3)6-13(14)15/h5-6,9,12,16-17H,7-8H2,1-4H3. The molecule has 0 spiro atoms. The van der Waals surface area contributed by atoms with E-state index in [2.05, 4.69) is 25.2 Å². The fourth-order valence-electron chi connectivity index (χ4n) is 1.88. The lowest BCUT2D eigenvalue weighted by Gasteiger charge is -2.21. The number of anilines is 1. The lowest BCUT2D eigenvalue weighted by Crippen LogP contribution is -2.23. The minimum Gasteiger partial charge on any atom is -0.396 e. The quantitative estimate of drug-likeness (QED) is 0.842. The molecule has 96 valence electrons. The van der Waals surface area contributed by atoms with Gasteiger partial charge in [0.05, 0.1) is 10.7 Å². The van der Waals surface area contributed by atoms with Gasteiger partial charge in [-0.15, -0.1) is 0 Å². The van der Waals surface area contributed by atoms with E-state index in [1.165, 1.54) is 5.56 Å². The first-order valence-electron chi connectivity index (χ1n) is 6.07. The van der Waals surface area contributed by atoms with Crippen molar-refractivity contribution >= 4 is 17.3 Å². The van der Waals surface area contributed by atoms with Gasteiger partial charge >= 0.3 is 0 Å². The summed E-state index contributed by atoms with van der Waals surface area (Å²) in [5, 5.41) is 13.4. The van der Waals surface area contributed by atoms with E-state index in [1.54, 1.807) is 0 Å². The molecule has 0 aliphatic rings. The second-order valence-corrected chi connectivity index (χ2v) is 5.41. The molecular formula is C14H22ClNO. The molecule has 0 bridgehead atoms. The SMILES string of the molecule is Cc1cc(C)c(NCC(CO)C(C)C)c(Cl)c1. The molecule has 0 heterocycles. The van der Waals surface area contributed by atoms with Crippen molar-refractivity contribution in [2.45, 2.75) is 27.7 Å². The Hall–Kier alpha value is -0.730. The number of benzene rings is 1. The van der Waals surface area contributed by atoms with Crippen molar-refractivity contribution in [2.24, 2.45) is 11.8 Å². The molecule has 1 aromatic carbocycles. The molecule has 0 saturated carbocycles. The Balaban J connectivity index is 2.75. The summed E-state index contributed by atoms with van der Waals surface area (Å²) in [7, 11) is 0. The smallest absolute Gasteiger partial charge is 0.0642 e. The number of aryl methyl sites for hydroxylation is 2. The van der Waals surface area contributed by atoms with Gasteiger partial charge in [0.15, 0.2) is 0 Å². The molecule has 0 radical (unpaired) electrons. The van der Waals surface area contributed by atoms with E-state index in [0.717, 1.165) is 22.8 Å². The van der Waals surface area contributed by atoms with Gasteiger partial charge in [0.25, 0.3) is 0 Å². The van der Waals surface area contributed by atoms with Crippen LogP contribution in [0.2, 0.25) is 5.02 Å². The van der Waals surface area contributed by atoms with Crippen molar-refractivity contribution in [1.29, 1.82) is 0 Å². The maximum absolute atomic E-state index is 9.28. The van der Waals surface area contributed by atoms with Gasteiger partial charge in [-0.3, -0.25) is 0 Å². The van der Waals surface area contributed by atoms with E-state index in [-0.39, 0.29) is 12.5 Å². The van der Waals surface area contributed by atoms with E-state index >= 15 is 0 Å². The lowest BCUT2D eigenvalue weighted by atomic mass is 9.96. The van der Waals surface area contributed by atoms with Crippen LogP contribution >= 0.6 is 11.6 Å². The summed E-state index contributed by atoms with van der Waals surface area (Å²) >= 11 is 6.22. The van der Waals surface area contributed by atoms with Gasteiger partial charge in [-0.2, -0.15) is 0 Å². The molecule has 3 heteroatoms. The van der Waals surface area contributed by atoms with Gasteiger partial charge in [-0.1, -0.05) is 31.5 Å². The molecule has 17 heavy (non-hydrogen) atoms. The van der Waals surface area contributed by atoms with Crippen LogP contribution in [-0.4, -0.2) is 18.3 Å². The summed E-state index contributed by atoms with van der Waals surface area (Å²) in [5.74, 6) is 0.712. The van der Waals surface area contributed by atoms with Crippen molar-refractivity contribution in [1.82, 2.24) is 0 Å². The predicted octanol–water partition coefficient (Wildman–Crippen LogP) is 3.63. The van der Waals surface area contributed by atoms with E-state index in [4.69, 9.17) is 11.6 Å². The van der Waals surface area contributed by atoms with Crippen LogP contribution in [0.15, 0.2) is 12.1 Å². The second kappa shape index (κ2) is 6.27. The third kappa shape index (κ3) is 3.90. The monoisotopic (exact) mass is 255 g/mol. The maximum atomic E-state index is 9.28. The fourth-order valence-corrected chi connectivity index (χ4v) is 2.27. The molecular weight excluding hydrogens is 234 g/mol. The first kappa shape index (κ1) is 14.3. The van der Waals surface area contributed by atoms with Crippen molar-refractivity contribution in [3.8, 4) is 0 Å². The van der Waals surface area contributed by atoms with E-state index in [9.17, 15) is 5.11 Å². The third-order valence-corrected chi connectivity index (χ3v) is 3.45. The second-order valence-electron chi connectivity index (χ2n) is 5.01. The van der Waals surface area contributed by atoms with Gasteiger partial charge < -0.3 is 10.4 Å². The number of rotatable bonds is 5. The zero-order valence-corrected chi connectivity index (χ0v) is 11.8. The molecule has 0 fully saturated rings. The highest BCUT2D eigenvalue weighted by atomic mass is 35.5. The van der Waals surface area contributed by atoms with Gasteiger partial charge in [-0.05, 0) is 37.0 Å². The minimum atomic E-state index is 0.202. The Kier molecular flexibility index (Phi) is 5.29. The molecule has 1 unspecified atom stereocenters. The number of nitrogens with one attached hydrogen (secondary N) is 1. The molecule has 2 N–H and O–H groups in total. The Morgan fingerprint density at radius 1 is 1.29 bits per heavy atom. The Morgan fingerprint density at radius 3 is 2.41 bits per heavy atom. The van der Waals surface area contributed by atoms with Crippen molar-refractivity contribution in [2.75, 3.05) is 18.5 Å². The Bertz CT molecular complexity index is 353. The molecule has 0 amide bonds. The largest absolute Gasteiger partial charge is 0.396 e. The van der Waals surface area contributed by atoms with Crippen LogP contribution in [0.5, 0.6) is 0 Å². The Labute approximate surface area is 109 Å². The van der Waals surface area contributed by atoms with E-state index < -0.39 is 0 Å². The van der Waals surface area contributed by atoms with E-state index in [1.807, 2.05) is 19.9 Å². The zero-order valence-electron chi connectivity index (χ0n) is 11.0. The van der Waals surface area contributed by atoms with Crippen LogP contribution < -0.4 is 5.32 Å². The topological polar surface area (TPSA) is 32.3 Å². The molecule has 1 atom stereocenters. The highest BCUT2D eigenvalue weighted by Crippen LogP contribution is 2.27. The summed E-state index contributed by atoms with van der Waals surface area (Å²) in [4.78, 5) is 0. The summed E-state index contributed by atoms with van der Waals surface area (Å²) in [6, 6.07) is 4.07. The average Bonchev–Trinajstić information content (AvgIpc) is 2.21. The van der Waals surface area contributed by atoms with Crippen molar-refractivity contribution in [3.63, 3.8) is 0 Å². The normalized spacial score (nSPS) is 12.9. The number of halogens is 1. The van der Waals surface area contributed by atoms with Gasteiger partial charge in [0, 0.05) is 19.1 Å². The van der Waals surface area contributed by atoms with Crippen LogP contribution in [0.4, 0.5) is 5.69 Å². The zero-order chi connectivity index (χ0) is 13.0. The molecule has 1 aromatic rings. The summed E-state index contributed by atoms with van der Waals surface area (Å²) in [5.41, 5.74) is 3.30. The first-order valence-corrected chi connectivity index (χ1v) is 6.45. The van der Waals surface area contributed by atoms with Gasteiger partial charge in [0.1, 0.15) is 0 Å². The van der Waals surface area contributed by atoms with Gasteiger partial charge in [0.2, 0.25) is 0 Å². The van der Waals surface area contributed by atoms with Crippen LogP contribution in [0.25, 0.3) is 0 Å². The average molecular weight is 256 g/mol. The summed E-state index contributed by atoms with van der Waals surface area (Å²) in [6.07, 6.45) is 0. The van der Waals surface area contributed by atoms with Crippen LogP contribution in [-0.2, 0) is 0 Å². The lowest BCUT2D eigenvalue weighted by molar-refractivity contribution is 0.198. The number of aliphatic hydroxyl groups is 1. The fraction of sp³-hybridized carbons (Fsp3) is 0.571. The third-order valence-electron chi connectivity index (χ3n) is 3.15. The molecule has 0 saturated heterocycles. The molecule has 1 rings (SSSR count). The highest BCUT2D eigenvalue weighted by molar-refractivity contribution is 6.33. The Morgan fingerprint density at radius 2 is 1.94 bits per heavy atom. The van der Waals surface area contributed by atoms with Crippen molar-refractivity contribution in [3.05, 3.63) is 28.3 Å². The van der Waals surface area contributed by atoms with Crippen LogP contribution in [0.1, 0.15) is 25.0 Å². The molecule has 0 aliphatic heterocycles. The molecule has 0 aromatic heterocycles. The minimum absolute atomic E-state index is 0.202. The number of aliphatic hydroxyl groups excluding tert-OH is 1. The van der Waals surface area contributed by atoms with E-state index in [0.29, 0.717) is 5.92 Å². The highest BCUT2D eigenvalue weighted by Gasteiger charge is 2.13. The van der Waals surface area contributed by atoms with Crippen molar-refractivity contribution < 1.29 is 5.11 Å². The number of hydrogen-bond acceptors (Lipinski definition) is 2. The molecule has 0 aliphatic carbocycles. The summed E-state index contributed by atoms with van der Waals surface area (Å²) < 4.78 is 0. The number of hydrogen-bond donors (Lipinski definition) is 2. The molecule has 2 nitrogen and oxygen atoms in total. The van der Waals surface area contributed by atoms with Gasteiger partial charge in [-0.25, -0.2) is 0 Å². The summed E-state index contributed by atoms with van der Waals surface area (Å²) in [6.45, 7) is 9.27. The maximum Gasteiger partial charge on any atom is 0.0642 e. The first-order chi connectivity index (χ1) is 7.95. The van der Waals surface area contributed by atoms with Crippen LogP contribution in [0.3, 0.4) is 0 Å².